The highest BCUT2D eigenvalue weighted by atomic mass is 16.6. The number of hydrogen-bond acceptors (Lipinski definition) is 7. The van der Waals surface area contributed by atoms with Crippen molar-refractivity contribution in [2.75, 3.05) is 72.5 Å². The predicted octanol–water partition coefficient (Wildman–Crippen LogP) is 1.06. The second-order valence-corrected chi connectivity index (χ2v) is 7.30. The van der Waals surface area contributed by atoms with Gasteiger partial charge in [-0.1, -0.05) is 11.8 Å². The number of hydrogen-bond donors (Lipinski definition) is 1. The van der Waals surface area contributed by atoms with E-state index in [9.17, 15) is 9.59 Å². The van der Waals surface area contributed by atoms with Crippen LogP contribution in [0.1, 0.15) is 27.2 Å². The molecular formula is C22H36N2O7. The van der Waals surface area contributed by atoms with Gasteiger partial charge in [0.2, 0.25) is 5.91 Å². The molecule has 0 aromatic heterocycles. The van der Waals surface area contributed by atoms with Crippen molar-refractivity contribution in [3.8, 4) is 24.7 Å². The third-order valence-electron chi connectivity index (χ3n) is 3.49. The summed E-state index contributed by atoms with van der Waals surface area (Å²) in [6, 6.07) is 0. The lowest BCUT2D eigenvalue weighted by molar-refractivity contribution is -0.132. The average Bonchev–Trinajstić information content (AvgIpc) is 2.69. The first-order chi connectivity index (χ1) is 14.8. The van der Waals surface area contributed by atoms with Crippen molar-refractivity contribution in [3.63, 3.8) is 0 Å². The summed E-state index contributed by atoms with van der Waals surface area (Å²) in [5.41, 5.74) is -0.595. The largest absolute Gasteiger partial charge is 0.444 e. The van der Waals surface area contributed by atoms with Crippen LogP contribution in [-0.2, 0) is 28.5 Å². The molecule has 0 saturated heterocycles. The summed E-state index contributed by atoms with van der Waals surface area (Å²) in [4.78, 5) is 25.9. The van der Waals surface area contributed by atoms with Crippen molar-refractivity contribution < 1.29 is 33.3 Å². The molecule has 0 aliphatic rings. The Labute approximate surface area is 186 Å². The molecule has 0 heterocycles. The average molecular weight is 441 g/mol. The van der Waals surface area contributed by atoms with Crippen LogP contribution in [0.15, 0.2) is 0 Å². The molecule has 0 aliphatic carbocycles. The van der Waals surface area contributed by atoms with Crippen molar-refractivity contribution in [2.24, 2.45) is 0 Å². The van der Waals surface area contributed by atoms with E-state index in [0.29, 0.717) is 52.7 Å². The number of nitrogens with one attached hydrogen (secondary N) is 1. The van der Waals surface area contributed by atoms with Gasteiger partial charge in [0, 0.05) is 26.1 Å². The second-order valence-electron chi connectivity index (χ2n) is 7.30. The lowest BCUT2D eigenvalue weighted by Crippen LogP contribution is -2.39. The summed E-state index contributed by atoms with van der Waals surface area (Å²) in [6.45, 7) is 8.96. The molecule has 176 valence electrons. The Morgan fingerprint density at radius 2 is 1.32 bits per heavy atom. The van der Waals surface area contributed by atoms with Crippen LogP contribution in [0.5, 0.6) is 0 Å². The SMILES string of the molecule is C#CCOCCOCCN(CCOCCOCC#C)C(=O)CCNC(=O)OC(C)(C)C. The van der Waals surface area contributed by atoms with Crippen LogP contribution in [0, 0.1) is 24.7 Å². The molecule has 0 fully saturated rings. The number of ether oxygens (including phenoxy) is 5. The maximum atomic E-state index is 12.5. The van der Waals surface area contributed by atoms with E-state index in [-0.39, 0.29) is 32.1 Å². The molecule has 31 heavy (non-hydrogen) atoms. The quantitative estimate of drug-likeness (QED) is 0.267. The van der Waals surface area contributed by atoms with Gasteiger partial charge in [0.25, 0.3) is 0 Å². The Hall–Kier alpha value is -2.30. The molecule has 9 nitrogen and oxygen atoms in total. The third kappa shape index (κ3) is 19.4. The first-order valence-electron chi connectivity index (χ1n) is 10.2. The molecule has 0 saturated carbocycles. The second kappa shape index (κ2) is 18.5. The Morgan fingerprint density at radius 1 is 0.839 bits per heavy atom. The first kappa shape index (κ1) is 28.7. The fourth-order valence-electron chi connectivity index (χ4n) is 2.16. The molecule has 1 N–H and O–H groups in total. The first-order valence-corrected chi connectivity index (χ1v) is 10.2. The minimum Gasteiger partial charge on any atom is -0.444 e. The van der Waals surface area contributed by atoms with Crippen LogP contribution >= 0.6 is 0 Å². The molecular weight excluding hydrogens is 404 g/mol. The van der Waals surface area contributed by atoms with Gasteiger partial charge in [-0.3, -0.25) is 4.79 Å². The number of alkyl carbamates (subject to hydrolysis) is 1. The van der Waals surface area contributed by atoms with Gasteiger partial charge in [0.15, 0.2) is 0 Å². The van der Waals surface area contributed by atoms with Gasteiger partial charge in [0.05, 0.1) is 39.6 Å². The lowest BCUT2D eigenvalue weighted by Gasteiger charge is -2.23. The standard InChI is InChI=1S/C22H36N2O7/c1-6-12-27-16-18-29-14-10-24(11-15-30-19-17-28-13-7-2)20(25)8-9-23-21(26)31-22(3,4)5/h1-2H,8-19H2,3-5H3,(H,23,26). The maximum Gasteiger partial charge on any atom is 0.407 e. The number of rotatable bonds is 17. The smallest absolute Gasteiger partial charge is 0.407 e. The summed E-state index contributed by atoms with van der Waals surface area (Å²) in [7, 11) is 0. The molecule has 0 unspecified atom stereocenters. The van der Waals surface area contributed by atoms with Crippen molar-refractivity contribution in [3.05, 3.63) is 0 Å². The van der Waals surface area contributed by atoms with Gasteiger partial charge in [0.1, 0.15) is 18.8 Å². The molecule has 0 aromatic rings. The third-order valence-corrected chi connectivity index (χ3v) is 3.49. The monoisotopic (exact) mass is 440 g/mol. The van der Waals surface area contributed by atoms with Crippen molar-refractivity contribution >= 4 is 12.0 Å². The summed E-state index contributed by atoms with van der Waals surface area (Å²) in [5.74, 6) is 4.62. The Bertz CT molecular complexity index is 548. The van der Waals surface area contributed by atoms with Crippen molar-refractivity contribution in [2.45, 2.75) is 32.8 Å². The molecule has 0 aliphatic heterocycles. The summed E-state index contributed by atoms with van der Waals surface area (Å²) in [5, 5.41) is 2.58. The molecule has 0 spiro atoms. The highest BCUT2D eigenvalue weighted by Gasteiger charge is 2.17. The van der Waals surface area contributed by atoms with Crippen LogP contribution in [0.3, 0.4) is 0 Å². The zero-order valence-electron chi connectivity index (χ0n) is 18.9. The van der Waals surface area contributed by atoms with Crippen LogP contribution in [0.4, 0.5) is 4.79 Å². The van der Waals surface area contributed by atoms with Crippen molar-refractivity contribution in [1.29, 1.82) is 0 Å². The van der Waals surface area contributed by atoms with E-state index in [1.54, 1.807) is 25.7 Å². The van der Waals surface area contributed by atoms with Gasteiger partial charge in [-0.05, 0) is 20.8 Å². The van der Waals surface area contributed by atoms with Crippen LogP contribution in [-0.4, -0.2) is 95.0 Å². The van der Waals surface area contributed by atoms with E-state index in [2.05, 4.69) is 17.2 Å². The number of amides is 2. The van der Waals surface area contributed by atoms with E-state index in [1.165, 1.54) is 0 Å². The van der Waals surface area contributed by atoms with E-state index in [1.807, 2.05) is 0 Å². The Kier molecular flexibility index (Phi) is 17.1. The minimum absolute atomic E-state index is 0.129. The number of terminal acetylenes is 2. The van der Waals surface area contributed by atoms with E-state index in [4.69, 9.17) is 36.5 Å². The molecule has 0 aromatic carbocycles. The van der Waals surface area contributed by atoms with Gasteiger partial charge < -0.3 is 33.9 Å². The fourth-order valence-corrected chi connectivity index (χ4v) is 2.16. The van der Waals surface area contributed by atoms with Gasteiger partial charge in [-0.15, -0.1) is 12.8 Å². The zero-order chi connectivity index (χ0) is 23.4. The summed E-state index contributed by atoms with van der Waals surface area (Å²) >= 11 is 0. The van der Waals surface area contributed by atoms with Gasteiger partial charge in [-0.2, -0.15) is 0 Å². The van der Waals surface area contributed by atoms with E-state index < -0.39 is 11.7 Å². The molecule has 2 amide bonds. The maximum absolute atomic E-state index is 12.5. The van der Waals surface area contributed by atoms with E-state index in [0.717, 1.165) is 0 Å². The summed E-state index contributed by atoms with van der Waals surface area (Å²) in [6.07, 6.45) is 9.78. The van der Waals surface area contributed by atoms with Gasteiger partial charge in [-0.25, -0.2) is 4.79 Å². The van der Waals surface area contributed by atoms with Gasteiger partial charge >= 0.3 is 6.09 Å². The normalized spacial score (nSPS) is 10.7. The molecule has 0 bridgehead atoms. The fraction of sp³-hybridized carbons (Fsp3) is 0.727. The zero-order valence-corrected chi connectivity index (χ0v) is 18.9. The van der Waals surface area contributed by atoms with E-state index >= 15 is 0 Å². The molecule has 0 atom stereocenters. The minimum atomic E-state index is -0.595. The lowest BCUT2D eigenvalue weighted by atomic mass is 10.2. The number of carbonyl (C=O) groups is 2. The van der Waals surface area contributed by atoms with Crippen LogP contribution in [0.25, 0.3) is 0 Å². The number of carbonyl (C=O) groups excluding carboxylic acids is 2. The number of nitrogens with zero attached hydrogens (tertiary/aromatic N) is 1. The van der Waals surface area contributed by atoms with Crippen molar-refractivity contribution in [1.82, 2.24) is 10.2 Å². The molecule has 0 radical (unpaired) electrons. The highest BCUT2D eigenvalue weighted by Crippen LogP contribution is 2.06. The topological polar surface area (TPSA) is 95.6 Å². The molecule has 0 rings (SSSR count). The Morgan fingerprint density at radius 3 is 1.77 bits per heavy atom. The molecule has 9 heteroatoms. The summed E-state index contributed by atoms with van der Waals surface area (Å²) < 4.78 is 26.4. The highest BCUT2D eigenvalue weighted by molar-refractivity contribution is 5.77. The van der Waals surface area contributed by atoms with Crippen LogP contribution in [0.2, 0.25) is 0 Å². The predicted molar refractivity (Wildman–Crippen MR) is 116 cm³/mol. The van der Waals surface area contributed by atoms with Crippen LogP contribution < -0.4 is 5.32 Å². The Balaban J connectivity index is 4.29.